The molecule has 0 saturated carbocycles. The van der Waals surface area contributed by atoms with Crippen molar-refractivity contribution in [1.29, 1.82) is 0 Å². The SMILES string of the molecule is [CH2-][NH2+]c1ccc(N(C)C)c(C(F)(F)F)c1. The van der Waals surface area contributed by atoms with E-state index in [1.54, 1.807) is 20.2 Å². The monoisotopic (exact) mass is 218 g/mol. The van der Waals surface area contributed by atoms with Gasteiger partial charge in [-0.2, -0.15) is 13.2 Å². The first-order chi connectivity index (χ1) is 6.86. The van der Waals surface area contributed by atoms with Crippen LogP contribution in [0.5, 0.6) is 0 Å². The lowest BCUT2D eigenvalue weighted by atomic mass is 10.1. The molecule has 2 nitrogen and oxygen atoms in total. The van der Waals surface area contributed by atoms with Crippen molar-refractivity contribution in [3.8, 4) is 0 Å². The number of alkyl halides is 3. The first-order valence-electron chi connectivity index (χ1n) is 4.37. The summed E-state index contributed by atoms with van der Waals surface area (Å²) < 4.78 is 38.0. The summed E-state index contributed by atoms with van der Waals surface area (Å²) >= 11 is 0. The molecule has 5 heteroatoms. The van der Waals surface area contributed by atoms with E-state index in [2.05, 4.69) is 7.05 Å². The molecule has 0 aliphatic heterocycles. The summed E-state index contributed by atoms with van der Waals surface area (Å²) in [6, 6.07) is 4.15. The van der Waals surface area contributed by atoms with Crippen LogP contribution in [0.2, 0.25) is 0 Å². The molecule has 0 fully saturated rings. The highest BCUT2D eigenvalue weighted by molar-refractivity contribution is 5.58. The van der Waals surface area contributed by atoms with Crippen molar-refractivity contribution >= 4 is 11.4 Å². The maximum Gasteiger partial charge on any atom is 0.418 e. The lowest BCUT2D eigenvalue weighted by molar-refractivity contribution is -0.504. The topological polar surface area (TPSA) is 19.9 Å². The molecular formula is C10H13F3N2. The van der Waals surface area contributed by atoms with Gasteiger partial charge in [-0.3, -0.25) is 0 Å². The quantitative estimate of drug-likeness (QED) is 0.592. The summed E-state index contributed by atoms with van der Waals surface area (Å²) in [5.74, 6) is 0. The van der Waals surface area contributed by atoms with Gasteiger partial charge in [0.05, 0.1) is 5.56 Å². The smallest absolute Gasteiger partial charge is 0.418 e. The number of quaternary nitrogens is 1. The van der Waals surface area contributed by atoms with Gasteiger partial charge in [-0.05, 0) is 12.1 Å². The van der Waals surface area contributed by atoms with E-state index in [1.165, 1.54) is 16.3 Å². The minimum atomic E-state index is -4.33. The van der Waals surface area contributed by atoms with Crippen LogP contribution >= 0.6 is 0 Å². The van der Waals surface area contributed by atoms with E-state index < -0.39 is 11.7 Å². The van der Waals surface area contributed by atoms with E-state index in [0.29, 0.717) is 5.69 Å². The van der Waals surface area contributed by atoms with Crippen LogP contribution in [0, 0.1) is 7.05 Å². The average molecular weight is 218 g/mol. The number of nitrogens with two attached hydrogens (primary N) is 1. The van der Waals surface area contributed by atoms with Gasteiger partial charge in [-0.15, -0.1) is 7.05 Å². The summed E-state index contributed by atoms with van der Waals surface area (Å²) in [7, 11) is 6.61. The van der Waals surface area contributed by atoms with Gasteiger partial charge in [0.15, 0.2) is 0 Å². The highest BCUT2D eigenvalue weighted by atomic mass is 19.4. The Labute approximate surface area is 86.7 Å². The van der Waals surface area contributed by atoms with Crippen LogP contribution in [-0.4, -0.2) is 14.1 Å². The van der Waals surface area contributed by atoms with E-state index in [9.17, 15) is 13.2 Å². The number of nitrogens with zero attached hydrogens (tertiary/aromatic N) is 1. The van der Waals surface area contributed by atoms with Crippen molar-refractivity contribution in [2.45, 2.75) is 6.18 Å². The zero-order valence-electron chi connectivity index (χ0n) is 8.60. The second-order valence-electron chi connectivity index (χ2n) is 3.37. The molecule has 0 spiro atoms. The first-order valence-corrected chi connectivity index (χ1v) is 4.37. The fourth-order valence-corrected chi connectivity index (χ4v) is 1.30. The van der Waals surface area contributed by atoms with E-state index in [1.807, 2.05) is 0 Å². The Hall–Kier alpha value is -1.23. The summed E-state index contributed by atoms with van der Waals surface area (Å²) in [5.41, 5.74) is -0.00840. The number of hydrogen-bond acceptors (Lipinski definition) is 1. The van der Waals surface area contributed by atoms with Gasteiger partial charge < -0.3 is 10.2 Å². The minimum Gasteiger partial charge on any atom is -0.446 e. The summed E-state index contributed by atoms with van der Waals surface area (Å²) in [4.78, 5) is 1.44. The maximum atomic E-state index is 12.7. The third-order valence-electron chi connectivity index (χ3n) is 2.04. The molecule has 15 heavy (non-hydrogen) atoms. The van der Waals surface area contributed by atoms with Crippen LogP contribution in [-0.2, 0) is 6.18 Å². The van der Waals surface area contributed by atoms with Crippen LogP contribution in [0.1, 0.15) is 5.56 Å². The van der Waals surface area contributed by atoms with Crippen molar-refractivity contribution < 1.29 is 18.5 Å². The highest BCUT2D eigenvalue weighted by Gasteiger charge is 2.34. The van der Waals surface area contributed by atoms with Gasteiger partial charge in [0.25, 0.3) is 0 Å². The molecule has 1 aromatic carbocycles. The molecule has 1 rings (SSSR count). The van der Waals surface area contributed by atoms with Crippen LogP contribution in [0.4, 0.5) is 24.5 Å². The van der Waals surface area contributed by atoms with Crippen molar-refractivity contribution in [3.05, 3.63) is 30.8 Å². The molecule has 0 unspecified atom stereocenters. The van der Waals surface area contributed by atoms with Crippen LogP contribution < -0.4 is 10.2 Å². The van der Waals surface area contributed by atoms with Crippen molar-refractivity contribution in [3.63, 3.8) is 0 Å². The Kier molecular flexibility index (Phi) is 3.24. The molecule has 84 valence electrons. The molecule has 0 radical (unpaired) electrons. The van der Waals surface area contributed by atoms with Crippen molar-refractivity contribution in [2.75, 3.05) is 19.0 Å². The Morgan fingerprint density at radius 1 is 1.27 bits per heavy atom. The van der Waals surface area contributed by atoms with Crippen molar-refractivity contribution in [1.82, 2.24) is 0 Å². The molecule has 0 heterocycles. The van der Waals surface area contributed by atoms with Gasteiger partial charge in [-0.25, -0.2) is 0 Å². The number of benzene rings is 1. The van der Waals surface area contributed by atoms with Crippen LogP contribution in [0.25, 0.3) is 0 Å². The predicted molar refractivity (Wildman–Crippen MR) is 52.7 cm³/mol. The number of anilines is 1. The Morgan fingerprint density at radius 2 is 1.87 bits per heavy atom. The van der Waals surface area contributed by atoms with Crippen LogP contribution in [0.15, 0.2) is 18.2 Å². The fraction of sp³-hybridized carbons (Fsp3) is 0.300. The zero-order chi connectivity index (χ0) is 11.6. The summed E-state index contributed by atoms with van der Waals surface area (Å²) in [6.45, 7) is 0. The molecule has 0 aromatic heterocycles. The van der Waals surface area contributed by atoms with Gasteiger partial charge in [0.1, 0.15) is 5.69 Å². The number of halogens is 3. The molecule has 0 amide bonds. The van der Waals surface area contributed by atoms with Crippen LogP contribution in [0.3, 0.4) is 0 Å². The van der Waals surface area contributed by atoms with Gasteiger partial charge >= 0.3 is 6.18 Å². The van der Waals surface area contributed by atoms with E-state index in [-0.39, 0.29) is 5.69 Å². The summed E-state index contributed by atoms with van der Waals surface area (Å²) in [6.07, 6.45) is -4.33. The second kappa shape index (κ2) is 4.10. The predicted octanol–water partition coefficient (Wildman–Crippen LogP) is 1.76. The molecule has 0 aliphatic rings. The van der Waals surface area contributed by atoms with E-state index in [0.717, 1.165) is 6.07 Å². The molecule has 1 aromatic rings. The molecule has 0 saturated heterocycles. The maximum absolute atomic E-state index is 12.7. The minimum absolute atomic E-state index is 0.160. The third kappa shape index (κ3) is 2.62. The Bertz CT molecular complexity index is 345. The summed E-state index contributed by atoms with van der Waals surface area (Å²) in [5, 5.41) is 1.40. The normalized spacial score (nSPS) is 11.6. The molecule has 0 atom stereocenters. The molecular weight excluding hydrogens is 205 g/mol. The lowest BCUT2D eigenvalue weighted by Crippen LogP contribution is -2.69. The van der Waals surface area contributed by atoms with Crippen molar-refractivity contribution in [2.24, 2.45) is 0 Å². The highest BCUT2D eigenvalue weighted by Crippen LogP contribution is 2.36. The largest absolute Gasteiger partial charge is 0.446 e. The standard InChI is InChI=1S/C10H13F3N2/c1-14-7-4-5-9(15(2)3)8(6-7)10(11,12)13/h4-6H,1,14H2,2-3H3. The molecule has 0 bridgehead atoms. The first kappa shape index (κ1) is 11.8. The zero-order valence-corrected chi connectivity index (χ0v) is 8.60. The number of rotatable bonds is 2. The number of hydrogen-bond donors (Lipinski definition) is 1. The van der Waals surface area contributed by atoms with Gasteiger partial charge in [0.2, 0.25) is 0 Å². The molecule has 2 N–H and O–H groups in total. The van der Waals surface area contributed by atoms with E-state index in [4.69, 9.17) is 0 Å². The van der Waals surface area contributed by atoms with Gasteiger partial charge in [-0.1, -0.05) is 0 Å². The lowest BCUT2D eigenvalue weighted by Gasteiger charge is -2.19. The molecule has 0 aliphatic carbocycles. The fourth-order valence-electron chi connectivity index (χ4n) is 1.30. The van der Waals surface area contributed by atoms with Gasteiger partial charge in [0, 0.05) is 25.8 Å². The third-order valence-corrected chi connectivity index (χ3v) is 2.04. The average Bonchev–Trinajstić information content (AvgIpc) is 2.15. The Balaban J connectivity index is 3.29. The second-order valence-corrected chi connectivity index (χ2v) is 3.37. The Morgan fingerprint density at radius 3 is 2.27 bits per heavy atom. The van der Waals surface area contributed by atoms with E-state index >= 15 is 0 Å².